The van der Waals surface area contributed by atoms with Crippen molar-refractivity contribution in [2.24, 2.45) is 17.6 Å². The SMILES string of the molecule is CC(C)(C)OC(=O)NCC(CN)N1CC2CCCC2C1. The van der Waals surface area contributed by atoms with Crippen molar-refractivity contribution in [2.75, 3.05) is 26.2 Å². The van der Waals surface area contributed by atoms with Crippen LogP contribution in [-0.2, 0) is 4.74 Å². The van der Waals surface area contributed by atoms with Crippen molar-refractivity contribution < 1.29 is 9.53 Å². The first-order chi connectivity index (χ1) is 9.39. The fraction of sp³-hybridized carbons (Fsp3) is 0.933. The molecule has 1 aliphatic heterocycles. The van der Waals surface area contributed by atoms with Gasteiger partial charge in [-0.05, 0) is 45.4 Å². The van der Waals surface area contributed by atoms with Gasteiger partial charge in [0.2, 0.25) is 0 Å². The molecule has 5 heteroatoms. The van der Waals surface area contributed by atoms with Crippen LogP contribution < -0.4 is 11.1 Å². The average molecular weight is 283 g/mol. The number of likely N-dealkylation sites (tertiary alicyclic amines) is 1. The highest BCUT2D eigenvalue weighted by Gasteiger charge is 2.38. The highest BCUT2D eigenvalue weighted by molar-refractivity contribution is 5.67. The standard InChI is InChI=1S/C15H29N3O2/c1-15(2,3)20-14(19)17-8-13(7-16)18-9-11-5-4-6-12(11)10-18/h11-13H,4-10,16H2,1-3H3,(H,17,19). The highest BCUT2D eigenvalue weighted by Crippen LogP contribution is 2.38. The third kappa shape index (κ3) is 4.09. The summed E-state index contributed by atoms with van der Waals surface area (Å²) in [7, 11) is 0. The summed E-state index contributed by atoms with van der Waals surface area (Å²) in [6, 6.07) is 0.230. The number of nitrogens with one attached hydrogen (secondary N) is 1. The number of carbonyl (C=O) groups is 1. The highest BCUT2D eigenvalue weighted by atomic mass is 16.6. The fourth-order valence-electron chi connectivity index (χ4n) is 3.45. The van der Waals surface area contributed by atoms with Crippen LogP contribution in [0.1, 0.15) is 40.0 Å². The molecule has 2 rings (SSSR count). The van der Waals surface area contributed by atoms with Gasteiger partial charge in [-0.1, -0.05) is 6.42 Å². The van der Waals surface area contributed by atoms with Gasteiger partial charge < -0.3 is 15.8 Å². The molecule has 1 saturated carbocycles. The number of hydrogen-bond donors (Lipinski definition) is 2. The summed E-state index contributed by atoms with van der Waals surface area (Å²) in [5.74, 6) is 1.70. The molecule has 0 radical (unpaired) electrons. The van der Waals surface area contributed by atoms with E-state index in [1.54, 1.807) is 0 Å². The van der Waals surface area contributed by atoms with Crippen molar-refractivity contribution in [2.45, 2.75) is 51.7 Å². The van der Waals surface area contributed by atoms with Gasteiger partial charge in [0.15, 0.2) is 0 Å². The largest absolute Gasteiger partial charge is 0.444 e. The lowest BCUT2D eigenvalue weighted by Gasteiger charge is -2.28. The van der Waals surface area contributed by atoms with E-state index in [2.05, 4.69) is 10.2 Å². The Morgan fingerprint density at radius 2 is 1.95 bits per heavy atom. The number of amides is 1. The van der Waals surface area contributed by atoms with Gasteiger partial charge in [-0.25, -0.2) is 4.79 Å². The van der Waals surface area contributed by atoms with E-state index in [0.29, 0.717) is 13.1 Å². The quantitative estimate of drug-likeness (QED) is 0.822. The summed E-state index contributed by atoms with van der Waals surface area (Å²) in [4.78, 5) is 14.1. The number of nitrogens with two attached hydrogens (primary N) is 1. The lowest BCUT2D eigenvalue weighted by molar-refractivity contribution is 0.0511. The van der Waals surface area contributed by atoms with E-state index in [4.69, 9.17) is 10.5 Å². The minimum atomic E-state index is -0.451. The molecule has 3 N–H and O–H groups in total. The summed E-state index contributed by atoms with van der Waals surface area (Å²) in [5, 5.41) is 2.85. The van der Waals surface area contributed by atoms with E-state index in [0.717, 1.165) is 24.9 Å². The van der Waals surface area contributed by atoms with E-state index >= 15 is 0 Å². The van der Waals surface area contributed by atoms with Gasteiger partial charge in [-0.3, -0.25) is 4.90 Å². The summed E-state index contributed by atoms with van der Waals surface area (Å²) in [6.07, 6.45) is 3.75. The van der Waals surface area contributed by atoms with Gasteiger partial charge in [-0.2, -0.15) is 0 Å². The number of rotatable bonds is 4. The Labute approximate surface area is 122 Å². The third-order valence-corrected chi connectivity index (χ3v) is 4.42. The van der Waals surface area contributed by atoms with E-state index in [1.807, 2.05) is 20.8 Å². The van der Waals surface area contributed by atoms with Crippen molar-refractivity contribution >= 4 is 6.09 Å². The first kappa shape index (κ1) is 15.6. The van der Waals surface area contributed by atoms with Gasteiger partial charge in [0.1, 0.15) is 5.60 Å². The van der Waals surface area contributed by atoms with E-state index in [9.17, 15) is 4.79 Å². The van der Waals surface area contributed by atoms with Crippen LogP contribution in [0, 0.1) is 11.8 Å². The van der Waals surface area contributed by atoms with Crippen molar-refractivity contribution in [1.82, 2.24) is 10.2 Å². The second-order valence-corrected chi connectivity index (χ2v) is 7.18. The van der Waals surface area contributed by atoms with Crippen molar-refractivity contribution in [3.8, 4) is 0 Å². The molecule has 1 amide bonds. The first-order valence-electron chi connectivity index (χ1n) is 7.80. The van der Waals surface area contributed by atoms with Gasteiger partial charge in [0.25, 0.3) is 0 Å². The van der Waals surface area contributed by atoms with Crippen molar-refractivity contribution in [1.29, 1.82) is 0 Å². The van der Waals surface area contributed by atoms with Gasteiger partial charge in [-0.15, -0.1) is 0 Å². The van der Waals surface area contributed by atoms with Crippen LogP contribution >= 0.6 is 0 Å². The lowest BCUT2D eigenvalue weighted by atomic mass is 10.0. The zero-order valence-corrected chi connectivity index (χ0v) is 13.0. The molecule has 3 atom stereocenters. The Kier molecular flexibility index (Phi) is 4.91. The molecule has 0 aromatic rings. The number of hydrogen-bond acceptors (Lipinski definition) is 4. The van der Waals surface area contributed by atoms with Crippen LogP contribution in [0.2, 0.25) is 0 Å². The number of fused-ring (bicyclic) bond motifs is 1. The van der Waals surface area contributed by atoms with Crippen LogP contribution in [0.4, 0.5) is 4.79 Å². The second kappa shape index (κ2) is 6.31. The molecule has 3 unspecified atom stereocenters. The molecule has 1 heterocycles. The van der Waals surface area contributed by atoms with Gasteiger partial charge in [0.05, 0.1) is 0 Å². The first-order valence-corrected chi connectivity index (χ1v) is 7.80. The van der Waals surface area contributed by atoms with Crippen LogP contribution in [0.5, 0.6) is 0 Å². The smallest absolute Gasteiger partial charge is 0.407 e. The molecule has 0 aromatic heterocycles. The maximum absolute atomic E-state index is 11.7. The Morgan fingerprint density at radius 3 is 2.45 bits per heavy atom. The molecule has 0 aromatic carbocycles. The number of ether oxygens (including phenoxy) is 1. The van der Waals surface area contributed by atoms with Crippen LogP contribution in [0.25, 0.3) is 0 Å². The topological polar surface area (TPSA) is 67.6 Å². The van der Waals surface area contributed by atoms with Crippen LogP contribution in [0.15, 0.2) is 0 Å². The van der Waals surface area contributed by atoms with Gasteiger partial charge >= 0.3 is 6.09 Å². The van der Waals surface area contributed by atoms with Crippen LogP contribution in [-0.4, -0.2) is 48.8 Å². The number of carbonyl (C=O) groups excluding carboxylic acids is 1. The fourth-order valence-corrected chi connectivity index (χ4v) is 3.45. The van der Waals surface area contributed by atoms with E-state index in [1.165, 1.54) is 19.3 Å². The predicted octanol–water partition coefficient (Wildman–Crippen LogP) is 1.57. The molecule has 2 aliphatic rings. The zero-order chi connectivity index (χ0) is 14.8. The minimum absolute atomic E-state index is 0.230. The Balaban J connectivity index is 1.77. The molecule has 0 spiro atoms. The minimum Gasteiger partial charge on any atom is -0.444 e. The summed E-state index contributed by atoms with van der Waals surface area (Å²) in [6.45, 7) is 9.04. The van der Waals surface area contributed by atoms with Gasteiger partial charge in [0, 0.05) is 32.2 Å². The molecule has 2 fully saturated rings. The average Bonchev–Trinajstić information content (AvgIpc) is 2.87. The number of nitrogens with zero attached hydrogens (tertiary/aromatic N) is 1. The normalized spacial score (nSPS) is 28.2. The van der Waals surface area contributed by atoms with E-state index in [-0.39, 0.29) is 12.1 Å². The van der Waals surface area contributed by atoms with Crippen molar-refractivity contribution in [3.63, 3.8) is 0 Å². The predicted molar refractivity (Wildman–Crippen MR) is 79.5 cm³/mol. The maximum atomic E-state index is 11.7. The Morgan fingerprint density at radius 1 is 1.35 bits per heavy atom. The molecule has 116 valence electrons. The maximum Gasteiger partial charge on any atom is 0.407 e. The molecular weight excluding hydrogens is 254 g/mol. The summed E-state index contributed by atoms with van der Waals surface area (Å²) < 4.78 is 5.26. The molecular formula is C15H29N3O2. The Bertz CT molecular complexity index is 329. The molecule has 0 bridgehead atoms. The number of alkyl carbamates (subject to hydrolysis) is 1. The molecule has 1 saturated heterocycles. The molecule has 20 heavy (non-hydrogen) atoms. The van der Waals surface area contributed by atoms with Crippen LogP contribution in [0.3, 0.4) is 0 Å². The lowest BCUT2D eigenvalue weighted by Crippen LogP contribution is -2.48. The third-order valence-electron chi connectivity index (χ3n) is 4.42. The monoisotopic (exact) mass is 283 g/mol. The second-order valence-electron chi connectivity index (χ2n) is 7.18. The van der Waals surface area contributed by atoms with Crippen molar-refractivity contribution in [3.05, 3.63) is 0 Å². The zero-order valence-electron chi connectivity index (χ0n) is 13.0. The summed E-state index contributed by atoms with van der Waals surface area (Å²) in [5.41, 5.74) is 5.43. The van der Waals surface area contributed by atoms with E-state index < -0.39 is 5.60 Å². The molecule has 5 nitrogen and oxygen atoms in total. The Hall–Kier alpha value is -0.810. The summed E-state index contributed by atoms with van der Waals surface area (Å²) >= 11 is 0. The molecule has 1 aliphatic carbocycles.